The van der Waals surface area contributed by atoms with Gasteiger partial charge in [0.25, 0.3) is 0 Å². The standard InChI is InChI=1S/C15H15F7O2/c1-4-12-6-5-7(11(12,2)3)8(9(12)23)10(24)13(16,17)14(18,19)15(20,21)22/h4,7-8H,1,5-6H2,2-3H3/t7-,8?,12-/m1/s1. The summed E-state index contributed by atoms with van der Waals surface area (Å²) in [5.41, 5.74) is -2.41. The lowest BCUT2D eigenvalue weighted by Crippen LogP contribution is -2.59. The summed E-state index contributed by atoms with van der Waals surface area (Å²) in [5, 5.41) is 0. The van der Waals surface area contributed by atoms with Gasteiger partial charge in [0.1, 0.15) is 0 Å². The fourth-order valence-electron chi connectivity index (χ4n) is 4.18. The Labute approximate surface area is 133 Å². The quantitative estimate of drug-likeness (QED) is 0.428. The van der Waals surface area contributed by atoms with Gasteiger partial charge in [-0.15, -0.1) is 6.58 Å². The Balaban J connectivity index is 2.49. The molecule has 0 saturated heterocycles. The Morgan fingerprint density at radius 3 is 2.04 bits per heavy atom. The lowest BCUT2D eigenvalue weighted by Gasteiger charge is -2.33. The van der Waals surface area contributed by atoms with Gasteiger partial charge in [0.2, 0.25) is 5.78 Å². The molecule has 2 rings (SSSR count). The molecular formula is C15H15F7O2. The van der Waals surface area contributed by atoms with Crippen molar-refractivity contribution >= 4 is 11.6 Å². The Kier molecular flexibility index (Phi) is 3.80. The highest BCUT2D eigenvalue weighted by Crippen LogP contribution is 2.67. The van der Waals surface area contributed by atoms with E-state index in [0.717, 1.165) is 0 Å². The smallest absolute Gasteiger partial charge is 0.298 e. The predicted octanol–water partition coefficient (Wildman–Crippen LogP) is 4.20. The summed E-state index contributed by atoms with van der Waals surface area (Å²) in [6, 6.07) is 0. The third-order valence-corrected chi connectivity index (χ3v) is 5.74. The van der Waals surface area contributed by atoms with Crippen LogP contribution in [0, 0.1) is 22.7 Å². The molecule has 9 heteroatoms. The maximum Gasteiger partial charge on any atom is 0.460 e. The molecule has 2 aliphatic carbocycles. The molecule has 2 nitrogen and oxygen atoms in total. The predicted molar refractivity (Wildman–Crippen MR) is 68.6 cm³/mol. The Morgan fingerprint density at radius 1 is 1.17 bits per heavy atom. The SMILES string of the molecule is C=C[C@@]12CC[C@H](C(C(=O)C(F)(F)C(F)(F)C(F)(F)F)C1=O)C2(C)C. The number of carbonyl (C=O) groups is 2. The first-order valence-electron chi connectivity index (χ1n) is 7.14. The van der Waals surface area contributed by atoms with E-state index in [0.29, 0.717) is 0 Å². The molecule has 0 amide bonds. The maximum absolute atomic E-state index is 13.7. The first-order chi connectivity index (χ1) is 10.6. The monoisotopic (exact) mass is 360 g/mol. The third kappa shape index (κ3) is 1.89. The molecule has 0 aromatic carbocycles. The largest absolute Gasteiger partial charge is 0.460 e. The summed E-state index contributed by atoms with van der Waals surface area (Å²) in [4.78, 5) is 24.4. The molecule has 136 valence electrons. The van der Waals surface area contributed by atoms with E-state index < -0.39 is 52.3 Å². The van der Waals surface area contributed by atoms with Gasteiger partial charge in [0, 0.05) is 0 Å². The average Bonchev–Trinajstić information content (AvgIpc) is 2.78. The first kappa shape index (κ1) is 18.9. The molecular weight excluding hydrogens is 345 g/mol. The van der Waals surface area contributed by atoms with Gasteiger partial charge in [0.15, 0.2) is 5.78 Å². The summed E-state index contributed by atoms with van der Waals surface area (Å²) in [5.74, 6) is -19.5. The molecule has 3 atom stereocenters. The number of allylic oxidation sites excluding steroid dienone is 1. The zero-order chi connectivity index (χ0) is 18.9. The van der Waals surface area contributed by atoms with E-state index in [4.69, 9.17) is 0 Å². The zero-order valence-electron chi connectivity index (χ0n) is 12.8. The van der Waals surface area contributed by atoms with Gasteiger partial charge in [-0.2, -0.15) is 30.7 Å². The molecule has 0 heterocycles. The minimum Gasteiger partial charge on any atom is -0.298 e. The van der Waals surface area contributed by atoms with Crippen LogP contribution >= 0.6 is 0 Å². The van der Waals surface area contributed by atoms with Crippen molar-refractivity contribution in [3.63, 3.8) is 0 Å². The van der Waals surface area contributed by atoms with Crippen LogP contribution < -0.4 is 0 Å². The molecule has 2 saturated carbocycles. The molecule has 2 bridgehead atoms. The fourth-order valence-corrected chi connectivity index (χ4v) is 4.18. The number of alkyl halides is 7. The molecule has 0 spiro atoms. The Bertz CT molecular complexity index is 605. The second-order valence-corrected chi connectivity index (χ2v) is 6.90. The molecule has 0 aromatic heterocycles. The van der Waals surface area contributed by atoms with Crippen LogP contribution in [0.5, 0.6) is 0 Å². The highest BCUT2D eigenvalue weighted by molar-refractivity contribution is 6.11. The Morgan fingerprint density at radius 2 is 1.67 bits per heavy atom. The van der Waals surface area contributed by atoms with Gasteiger partial charge in [-0.05, 0) is 24.2 Å². The molecule has 2 aliphatic rings. The summed E-state index contributed by atoms with van der Waals surface area (Å²) >= 11 is 0. The number of fused-ring (bicyclic) bond motifs is 2. The number of hydrogen-bond acceptors (Lipinski definition) is 2. The van der Waals surface area contributed by atoms with Crippen molar-refractivity contribution < 1.29 is 40.3 Å². The molecule has 24 heavy (non-hydrogen) atoms. The number of ketones is 2. The summed E-state index contributed by atoms with van der Waals surface area (Å²) < 4.78 is 90.5. The van der Waals surface area contributed by atoms with Crippen LogP contribution in [0.2, 0.25) is 0 Å². The lowest BCUT2D eigenvalue weighted by molar-refractivity contribution is -0.344. The van der Waals surface area contributed by atoms with Crippen molar-refractivity contribution in [1.82, 2.24) is 0 Å². The van der Waals surface area contributed by atoms with Crippen molar-refractivity contribution in [3.05, 3.63) is 12.7 Å². The minimum absolute atomic E-state index is 0.0921. The normalized spacial score (nSPS) is 33.0. The van der Waals surface area contributed by atoms with Gasteiger partial charge in [-0.25, -0.2) is 0 Å². The van der Waals surface area contributed by atoms with E-state index >= 15 is 0 Å². The summed E-state index contributed by atoms with van der Waals surface area (Å²) in [7, 11) is 0. The molecule has 2 fully saturated rings. The van der Waals surface area contributed by atoms with Gasteiger partial charge in [-0.3, -0.25) is 9.59 Å². The zero-order valence-corrected chi connectivity index (χ0v) is 12.8. The molecule has 0 aromatic rings. The molecule has 1 unspecified atom stereocenters. The third-order valence-electron chi connectivity index (χ3n) is 5.74. The number of hydrogen-bond donors (Lipinski definition) is 0. The second kappa shape index (κ2) is 4.82. The van der Waals surface area contributed by atoms with Crippen molar-refractivity contribution in [3.8, 4) is 0 Å². The average molecular weight is 360 g/mol. The van der Waals surface area contributed by atoms with Crippen LogP contribution in [-0.4, -0.2) is 29.6 Å². The van der Waals surface area contributed by atoms with Crippen LogP contribution in [0.1, 0.15) is 26.7 Å². The number of carbonyl (C=O) groups excluding carboxylic acids is 2. The topological polar surface area (TPSA) is 34.1 Å². The molecule has 0 N–H and O–H groups in total. The van der Waals surface area contributed by atoms with Crippen LogP contribution in [0.3, 0.4) is 0 Å². The highest BCUT2D eigenvalue weighted by Gasteiger charge is 2.79. The van der Waals surface area contributed by atoms with E-state index in [1.165, 1.54) is 19.9 Å². The minimum atomic E-state index is -6.61. The first-order valence-corrected chi connectivity index (χ1v) is 7.14. The van der Waals surface area contributed by atoms with E-state index in [1.807, 2.05) is 0 Å². The Hall–Kier alpha value is -1.41. The van der Waals surface area contributed by atoms with E-state index in [2.05, 4.69) is 6.58 Å². The molecule has 0 aliphatic heterocycles. The number of rotatable bonds is 4. The van der Waals surface area contributed by atoms with Gasteiger partial charge in [0.05, 0.1) is 11.3 Å². The van der Waals surface area contributed by atoms with E-state index in [9.17, 15) is 40.3 Å². The summed E-state index contributed by atoms with van der Waals surface area (Å²) in [6.07, 6.45) is -5.14. The van der Waals surface area contributed by atoms with Gasteiger partial charge in [-0.1, -0.05) is 19.9 Å². The van der Waals surface area contributed by atoms with Crippen molar-refractivity contribution in [2.24, 2.45) is 22.7 Å². The summed E-state index contributed by atoms with van der Waals surface area (Å²) in [6.45, 7) is 6.45. The lowest BCUT2D eigenvalue weighted by atomic mass is 9.69. The number of Topliss-reactive ketones (excluding diaryl/α,β-unsaturated/α-hetero) is 2. The van der Waals surface area contributed by atoms with Crippen LogP contribution in [-0.2, 0) is 9.59 Å². The van der Waals surface area contributed by atoms with Crippen LogP contribution in [0.25, 0.3) is 0 Å². The highest BCUT2D eigenvalue weighted by atomic mass is 19.4. The number of halogens is 7. The second-order valence-electron chi connectivity index (χ2n) is 6.90. The van der Waals surface area contributed by atoms with Crippen LogP contribution in [0.15, 0.2) is 12.7 Å². The van der Waals surface area contributed by atoms with Crippen molar-refractivity contribution in [2.45, 2.75) is 44.7 Å². The fraction of sp³-hybridized carbons (Fsp3) is 0.733. The van der Waals surface area contributed by atoms with Crippen molar-refractivity contribution in [2.75, 3.05) is 0 Å². The van der Waals surface area contributed by atoms with E-state index in [-0.39, 0.29) is 12.8 Å². The molecule has 0 radical (unpaired) electrons. The van der Waals surface area contributed by atoms with Gasteiger partial charge >= 0.3 is 18.0 Å². The van der Waals surface area contributed by atoms with E-state index in [1.54, 1.807) is 0 Å². The maximum atomic E-state index is 13.7. The van der Waals surface area contributed by atoms with Gasteiger partial charge < -0.3 is 0 Å². The van der Waals surface area contributed by atoms with Crippen LogP contribution in [0.4, 0.5) is 30.7 Å². The van der Waals surface area contributed by atoms with Crippen molar-refractivity contribution in [1.29, 1.82) is 0 Å².